The highest BCUT2D eigenvalue weighted by atomic mass is 32.2. The van der Waals surface area contributed by atoms with Gasteiger partial charge in [-0.2, -0.15) is 0 Å². The van der Waals surface area contributed by atoms with Gasteiger partial charge in [0.2, 0.25) is 11.8 Å². The molecule has 1 N–H and O–H groups in total. The molecule has 2 aromatic rings. The molecule has 1 atom stereocenters. The molecule has 0 saturated carbocycles. The predicted octanol–water partition coefficient (Wildman–Crippen LogP) is 3.64. The highest BCUT2D eigenvalue weighted by molar-refractivity contribution is 7.90. The van der Waals surface area contributed by atoms with Crippen molar-refractivity contribution in [3.63, 3.8) is 0 Å². The summed E-state index contributed by atoms with van der Waals surface area (Å²) in [5.41, 5.74) is 2.11. The van der Waals surface area contributed by atoms with Gasteiger partial charge in [0.1, 0.15) is 10.9 Å². The van der Waals surface area contributed by atoms with Crippen molar-refractivity contribution in [1.82, 2.24) is 14.5 Å². The molecule has 2 aromatic carbocycles. The third kappa shape index (κ3) is 5.95. The second kappa shape index (κ2) is 12.2. The molecule has 1 aliphatic heterocycles. The van der Waals surface area contributed by atoms with Crippen LogP contribution in [0.5, 0.6) is 0 Å². The number of sulfonamides is 1. The van der Waals surface area contributed by atoms with Crippen LogP contribution in [0.3, 0.4) is 0 Å². The maximum absolute atomic E-state index is 13.4. The molecule has 194 valence electrons. The average Bonchev–Trinajstić information content (AvgIpc) is 3.05. The minimum absolute atomic E-state index is 0.00250. The predicted molar refractivity (Wildman–Crippen MR) is 138 cm³/mol. The van der Waals surface area contributed by atoms with Gasteiger partial charge < -0.3 is 10.2 Å². The summed E-state index contributed by atoms with van der Waals surface area (Å²) >= 11 is 0. The quantitative estimate of drug-likeness (QED) is 0.437. The highest BCUT2D eigenvalue weighted by Gasteiger charge is 2.40. The van der Waals surface area contributed by atoms with E-state index in [1.165, 1.54) is 12.1 Å². The second-order valence-electron chi connectivity index (χ2n) is 9.00. The molecule has 0 saturated heterocycles. The lowest BCUT2D eigenvalue weighted by molar-refractivity contribution is -0.141. The number of fused-ring (bicyclic) bond motifs is 1. The molecule has 0 fully saturated rings. The summed E-state index contributed by atoms with van der Waals surface area (Å²) in [6, 6.07) is 13.2. The van der Waals surface area contributed by atoms with Crippen LogP contribution in [-0.2, 0) is 26.2 Å². The fourth-order valence-corrected chi connectivity index (χ4v) is 5.97. The van der Waals surface area contributed by atoms with Gasteiger partial charge in [-0.05, 0) is 49.4 Å². The van der Waals surface area contributed by atoms with E-state index in [4.69, 9.17) is 0 Å². The molecular weight excluding hydrogens is 478 g/mol. The maximum Gasteiger partial charge on any atom is 0.269 e. The summed E-state index contributed by atoms with van der Waals surface area (Å²) in [7, 11) is -3.92. The van der Waals surface area contributed by atoms with E-state index in [2.05, 4.69) is 5.32 Å². The molecule has 3 rings (SSSR count). The molecular formula is C27H35N3O5S. The number of unbranched alkanes of at least 4 members (excludes halogenated alkanes) is 1. The molecule has 0 bridgehead atoms. The number of amides is 3. The van der Waals surface area contributed by atoms with Crippen molar-refractivity contribution in [2.24, 2.45) is 0 Å². The van der Waals surface area contributed by atoms with E-state index < -0.39 is 22.0 Å². The topological polar surface area (TPSA) is 104 Å². The molecule has 0 spiro atoms. The van der Waals surface area contributed by atoms with Crippen molar-refractivity contribution in [3.8, 4) is 0 Å². The lowest BCUT2D eigenvalue weighted by Crippen LogP contribution is -2.49. The number of carbonyl (C=O) groups is 3. The normalized spacial score (nSPS) is 14.9. The molecule has 0 aliphatic carbocycles. The van der Waals surface area contributed by atoms with Crippen LogP contribution in [0.4, 0.5) is 0 Å². The van der Waals surface area contributed by atoms with E-state index in [0.717, 1.165) is 28.3 Å². The summed E-state index contributed by atoms with van der Waals surface area (Å²) < 4.78 is 26.5. The van der Waals surface area contributed by atoms with Gasteiger partial charge in [0, 0.05) is 26.1 Å². The number of rotatable bonds is 12. The molecule has 0 unspecified atom stereocenters. The third-order valence-corrected chi connectivity index (χ3v) is 8.32. The summed E-state index contributed by atoms with van der Waals surface area (Å²) in [6.07, 6.45) is 2.43. The molecule has 1 aliphatic rings. The largest absolute Gasteiger partial charge is 0.354 e. The van der Waals surface area contributed by atoms with Crippen LogP contribution in [0.2, 0.25) is 0 Å². The Morgan fingerprint density at radius 1 is 1.03 bits per heavy atom. The fourth-order valence-electron chi connectivity index (χ4n) is 4.37. The van der Waals surface area contributed by atoms with Crippen molar-refractivity contribution in [3.05, 3.63) is 65.2 Å². The van der Waals surface area contributed by atoms with Crippen LogP contribution in [0.15, 0.2) is 53.4 Å². The van der Waals surface area contributed by atoms with E-state index >= 15 is 0 Å². The summed E-state index contributed by atoms with van der Waals surface area (Å²) in [6.45, 7) is 6.60. The van der Waals surface area contributed by atoms with E-state index in [1.807, 2.05) is 45.0 Å². The second-order valence-corrected chi connectivity index (χ2v) is 10.8. The Hall–Kier alpha value is -3.20. The van der Waals surface area contributed by atoms with Crippen LogP contribution in [0.1, 0.15) is 67.4 Å². The van der Waals surface area contributed by atoms with Crippen molar-refractivity contribution in [2.75, 3.05) is 13.1 Å². The Balaban J connectivity index is 1.74. The number of aryl methyl sites for hydroxylation is 1. The molecule has 0 aromatic heterocycles. The number of carbonyl (C=O) groups excluding carboxylic acids is 3. The Kier molecular flexibility index (Phi) is 9.25. The lowest BCUT2D eigenvalue weighted by atomic mass is 10.1. The van der Waals surface area contributed by atoms with Crippen molar-refractivity contribution >= 4 is 27.7 Å². The van der Waals surface area contributed by atoms with Gasteiger partial charge >= 0.3 is 0 Å². The summed E-state index contributed by atoms with van der Waals surface area (Å²) in [5.74, 6) is -1.02. The maximum atomic E-state index is 13.4. The zero-order valence-electron chi connectivity index (χ0n) is 21.2. The smallest absolute Gasteiger partial charge is 0.269 e. The minimum atomic E-state index is -3.92. The zero-order valence-corrected chi connectivity index (χ0v) is 22.0. The molecule has 3 amide bonds. The van der Waals surface area contributed by atoms with Crippen molar-refractivity contribution in [2.45, 2.75) is 70.4 Å². The average molecular weight is 514 g/mol. The van der Waals surface area contributed by atoms with Crippen LogP contribution in [0, 0.1) is 6.92 Å². The molecule has 36 heavy (non-hydrogen) atoms. The van der Waals surface area contributed by atoms with Crippen LogP contribution >= 0.6 is 0 Å². The molecule has 0 radical (unpaired) electrons. The van der Waals surface area contributed by atoms with Crippen molar-refractivity contribution < 1.29 is 22.8 Å². The third-order valence-electron chi connectivity index (χ3n) is 6.48. The lowest BCUT2D eigenvalue weighted by Gasteiger charge is -2.31. The number of hydrogen-bond donors (Lipinski definition) is 1. The van der Waals surface area contributed by atoms with Gasteiger partial charge in [-0.25, -0.2) is 12.7 Å². The van der Waals surface area contributed by atoms with Crippen molar-refractivity contribution in [1.29, 1.82) is 0 Å². The van der Waals surface area contributed by atoms with Gasteiger partial charge in [0.25, 0.3) is 15.9 Å². The van der Waals surface area contributed by atoms with E-state index in [9.17, 15) is 22.8 Å². The zero-order chi connectivity index (χ0) is 26.3. The number of benzene rings is 2. The first-order valence-corrected chi connectivity index (χ1v) is 13.9. The Morgan fingerprint density at radius 2 is 1.72 bits per heavy atom. The standard InChI is InChI=1S/C27H35N3O5S/c1-4-6-17-28-26(32)23(5-2)29(19-21-13-8-7-12-20(21)3)25(31)16-11-18-30-27(33)22-14-9-10-15-24(22)36(30,34)35/h7-10,12-15,23H,4-6,11,16-19H2,1-3H3,(H,28,32)/t23-/m1/s1. The van der Waals surface area contributed by atoms with Crippen LogP contribution < -0.4 is 5.32 Å². The summed E-state index contributed by atoms with van der Waals surface area (Å²) in [4.78, 5) is 40.6. The Labute approximate surface area is 213 Å². The number of hydrogen-bond acceptors (Lipinski definition) is 5. The Morgan fingerprint density at radius 3 is 2.39 bits per heavy atom. The first-order valence-electron chi connectivity index (χ1n) is 12.5. The van der Waals surface area contributed by atoms with Crippen LogP contribution in [0.25, 0.3) is 0 Å². The van der Waals surface area contributed by atoms with E-state index in [0.29, 0.717) is 13.0 Å². The summed E-state index contributed by atoms with van der Waals surface area (Å²) in [5, 5.41) is 2.93. The van der Waals surface area contributed by atoms with E-state index in [-0.39, 0.29) is 48.2 Å². The number of nitrogens with zero attached hydrogens (tertiary/aromatic N) is 2. The highest BCUT2D eigenvalue weighted by Crippen LogP contribution is 2.30. The SMILES string of the molecule is CCCCNC(=O)[C@@H](CC)N(Cc1ccccc1C)C(=O)CCCN1C(=O)c2ccccc2S1(=O)=O. The number of nitrogens with one attached hydrogen (secondary N) is 1. The molecule has 1 heterocycles. The van der Waals surface area contributed by atoms with Gasteiger partial charge in [-0.1, -0.05) is 56.7 Å². The minimum Gasteiger partial charge on any atom is -0.354 e. The monoisotopic (exact) mass is 513 g/mol. The molecule has 9 heteroatoms. The van der Waals surface area contributed by atoms with Gasteiger partial charge in [-0.3, -0.25) is 14.4 Å². The van der Waals surface area contributed by atoms with Crippen LogP contribution in [-0.4, -0.2) is 54.5 Å². The van der Waals surface area contributed by atoms with Gasteiger partial charge in [0.05, 0.1) is 5.56 Å². The van der Waals surface area contributed by atoms with E-state index in [1.54, 1.807) is 17.0 Å². The first-order chi connectivity index (χ1) is 17.2. The first kappa shape index (κ1) is 27.4. The van der Waals surface area contributed by atoms with Gasteiger partial charge in [-0.15, -0.1) is 0 Å². The molecule has 8 nitrogen and oxygen atoms in total. The van der Waals surface area contributed by atoms with Gasteiger partial charge in [0.15, 0.2) is 0 Å². The fraction of sp³-hybridized carbons (Fsp3) is 0.444. The Bertz CT molecular complexity index is 1210.